The van der Waals surface area contributed by atoms with Crippen LogP contribution >= 0.6 is 0 Å². The Hall–Kier alpha value is -0.570. The summed E-state index contributed by atoms with van der Waals surface area (Å²) in [5.41, 5.74) is 1.08. The fraction of sp³-hybridized carbons (Fsp3) is 0.958. The lowest BCUT2D eigenvalue weighted by molar-refractivity contribution is -0.122. The fourth-order valence-corrected chi connectivity index (χ4v) is 8.70. The third-order valence-corrected chi connectivity index (χ3v) is 10.4. The van der Waals surface area contributed by atoms with Crippen LogP contribution in [0.5, 0.6) is 0 Å². The van der Waals surface area contributed by atoms with E-state index in [4.69, 9.17) is 0 Å². The summed E-state index contributed by atoms with van der Waals surface area (Å²) < 4.78 is 0. The van der Waals surface area contributed by atoms with Crippen LogP contribution in [0.4, 0.5) is 0 Å². The summed E-state index contributed by atoms with van der Waals surface area (Å²) in [5, 5.41) is 3.09. The van der Waals surface area contributed by atoms with Gasteiger partial charge in [-0.15, -0.1) is 0 Å². The lowest BCUT2D eigenvalue weighted by Gasteiger charge is -2.61. The molecular weight excluding hydrogens is 332 g/mol. The quantitative estimate of drug-likeness (QED) is 0.723. The Morgan fingerprint density at radius 1 is 0.963 bits per heavy atom. The van der Waals surface area contributed by atoms with Gasteiger partial charge >= 0.3 is 0 Å². The molecule has 154 valence electrons. The smallest absolute Gasteiger partial charge is 0.207 e. The number of hydrogen-bond donors (Lipinski definition) is 1. The van der Waals surface area contributed by atoms with E-state index in [0.29, 0.717) is 22.9 Å². The molecule has 4 rings (SSSR count). The summed E-state index contributed by atoms with van der Waals surface area (Å²) in [4.78, 5) is 13.4. The summed E-state index contributed by atoms with van der Waals surface area (Å²) in [5.74, 6) is 4.54. The zero-order valence-electron chi connectivity index (χ0n) is 18.3. The molecule has 4 aliphatic carbocycles. The van der Waals surface area contributed by atoms with Gasteiger partial charge in [-0.1, -0.05) is 13.8 Å². The molecule has 0 heterocycles. The van der Waals surface area contributed by atoms with Gasteiger partial charge in [0.2, 0.25) is 6.41 Å². The standard InChI is InChI=1S/C24H42N2O/c1-16(26(4)5)20-8-9-21-19-7-6-17-14-18(25-15-27)10-12-23(17,2)22(19)11-13-24(20,21)3/h15-22H,6-14H2,1-5H3,(H,25,27). The zero-order chi connectivity index (χ0) is 19.4. The molecule has 3 nitrogen and oxygen atoms in total. The molecule has 9 unspecified atom stereocenters. The highest BCUT2D eigenvalue weighted by Crippen LogP contribution is 2.67. The number of rotatable bonds is 4. The van der Waals surface area contributed by atoms with Gasteiger partial charge in [-0.2, -0.15) is 0 Å². The van der Waals surface area contributed by atoms with Gasteiger partial charge in [0.1, 0.15) is 0 Å². The van der Waals surface area contributed by atoms with E-state index in [2.05, 4.69) is 45.1 Å². The maximum Gasteiger partial charge on any atom is 0.207 e. The maximum atomic E-state index is 10.9. The molecule has 0 spiro atoms. The molecule has 0 bridgehead atoms. The molecule has 27 heavy (non-hydrogen) atoms. The number of fused-ring (bicyclic) bond motifs is 5. The van der Waals surface area contributed by atoms with Crippen molar-refractivity contribution in [3.63, 3.8) is 0 Å². The van der Waals surface area contributed by atoms with Gasteiger partial charge in [-0.05, 0) is 119 Å². The topological polar surface area (TPSA) is 32.3 Å². The summed E-state index contributed by atoms with van der Waals surface area (Å²) in [6.07, 6.45) is 13.3. The monoisotopic (exact) mass is 374 g/mol. The van der Waals surface area contributed by atoms with Crippen LogP contribution in [-0.2, 0) is 4.79 Å². The van der Waals surface area contributed by atoms with Crippen LogP contribution < -0.4 is 5.32 Å². The van der Waals surface area contributed by atoms with E-state index in [1.807, 2.05) is 0 Å². The zero-order valence-corrected chi connectivity index (χ0v) is 18.3. The molecule has 9 atom stereocenters. The van der Waals surface area contributed by atoms with E-state index >= 15 is 0 Å². The van der Waals surface area contributed by atoms with Crippen LogP contribution in [0, 0.1) is 40.4 Å². The van der Waals surface area contributed by atoms with E-state index in [-0.39, 0.29) is 0 Å². The second-order valence-electron chi connectivity index (χ2n) is 11.3. The van der Waals surface area contributed by atoms with Crippen molar-refractivity contribution in [1.82, 2.24) is 10.2 Å². The number of nitrogens with one attached hydrogen (secondary N) is 1. The molecule has 3 heteroatoms. The van der Waals surface area contributed by atoms with Gasteiger partial charge in [-0.3, -0.25) is 4.79 Å². The predicted molar refractivity (Wildman–Crippen MR) is 111 cm³/mol. The summed E-state index contributed by atoms with van der Waals surface area (Å²) in [6, 6.07) is 1.14. The number of hydrogen-bond acceptors (Lipinski definition) is 2. The first kappa shape index (κ1) is 19.7. The highest BCUT2D eigenvalue weighted by atomic mass is 16.1. The molecule has 0 aliphatic heterocycles. The Labute approximate surface area is 167 Å². The molecule has 0 aromatic heterocycles. The van der Waals surface area contributed by atoms with Crippen molar-refractivity contribution in [2.45, 2.75) is 90.6 Å². The molecule has 4 saturated carbocycles. The fourth-order valence-electron chi connectivity index (χ4n) is 8.70. The number of carbonyl (C=O) groups is 1. The van der Waals surface area contributed by atoms with Crippen LogP contribution in [-0.4, -0.2) is 37.5 Å². The van der Waals surface area contributed by atoms with Crippen molar-refractivity contribution in [2.75, 3.05) is 14.1 Å². The first-order valence-corrected chi connectivity index (χ1v) is 11.7. The summed E-state index contributed by atoms with van der Waals surface area (Å²) in [6.45, 7) is 7.75. The van der Waals surface area contributed by atoms with E-state index in [1.165, 1.54) is 57.8 Å². The van der Waals surface area contributed by atoms with Crippen molar-refractivity contribution >= 4 is 6.41 Å². The molecule has 4 fully saturated rings. The van der Waals surface area contributed by atoms with E-state index in [9.17, 15) is 4.79 Å². The van der Waals surface area contributed by atoms with E-state index < -0.39 is 0 Å². The molecule has 4 aliphatic rings. The van der Waals surface area contributed by atoms with Gasteiger partial charge in [-0.25, -0.2) is 0 Å². The lowest BCUT2D eigenvalue weighted by Crippen LogP contribution is -2.55. The Kier molecular flexibility index (Phi) is 5.15. The second-order valence-corrected chi connectivity index (χ2v) is 11.3. The van der Waals surface area contributed by atoms with Crippen molar-refractivity contribution in [3.8, 4) is 0 Å². The van der Waals surface area contributed by atoms with Crippen molar-refractivity contribution in [3.05, 3.63) is 0 Å². The highest BCUT2D eigenvalue weighted by Gasteiger charge is 2.60. The van der Waals surface area contributed by atoms with E-state index in [1.54, 1.807) is 0 Å². The SMILES string of the molecule is CC(C1CCC2C3CCC4CC(NC=O)CCC4(C)C3CCC21C)N(C)C. The molecule has 0 saturated heterocycles. The minimum absolute atomic E-state index is 0.433. The first-order chi connectivity index (χ1) is 12.8. The van der Waals surface area contributed by atoms with Crippen LogP contribution in [0.3, 0.4) is 0 Å². The Balaban J connectivity index is 1.54. The molecule has 0 aromatic rings. The average molecular weight is 375 g/mol. The second kappa shape index (κ2) is 7.04. The van der Waals surface area contributed by atoms with Crippen molar-refractivity contribution in [1.29, 1.82) is 0 Å². The molecule has 0 aromatic carbocycles. The Bertz CT molecular complexity index is 563. The molecule has 1 amide bonds. The number of nitrogens with zero attached hydrogens (tertiary/aromatic N) is 1. The molecule has 0 radical (unpaired) electrons. The van der Waals surface area contributed by atoms with Crippen LogP contribution in [0.1, 0.15) is 78.6 Å². The van der Waals surface area contributed by atoms with Gasteiger partial charge in [0.15, 0.2) is 0 Å². The van der Waals surface area contributed by atoms with Gasteiger partial charge < -0.3 is 10.2 Å². The van der Waals surface area contributed by atoms with Crippen molar-refractivity contribution in [2.24, 2.45) is 40.4 Å². The van der Waals surface area contributed by atoms with Crippen LogP contribution in [0.2, 0.25) is 0 Å². The normalized spacial score (nSPS) is 50.4. The Morgan fingerprint density at radius 3 is 2.37 bits per heavy atom. The largest absolute Gasteiger partial charge is 0.356 e. The van der Waals surface area contributed by atoms with Crippen LogP contribution in [0.25, 0.3) is 0 Å². The number of amides is 1. The lowest BCUT2D eigenvalue weighted by atomic mass is 9.44. The summed E-state index contributed by atoms with van der Waals surface area (Å²) in [7, 11) is 4.54. The number of carbonyl (C=O) groups excluding carboxylic acids is 1. The highest BCUT2D eigenvalue weighted by molar-refractivity contribution is 5.46. The maximum absolute atomic E-state index is 10.9. The average Bonchev–Trinajstić information content (AvgIpc) is 2.98. The Morgan fingerprint density at radius 2 is 1.67 bits per heavy atom. The molecular formula is C24H42N2O. The minimum Gasteiger partial charge on any atom is -0.356 e. The van der Waals surface area contributed by atoms with Gasteiger partial charge in [0.05, 0.1) is 0 Å². The summed E-state index contributed by atoms with van der Waals surface area (Å²) >= 11 is 0. The minimum atomic E-state index is 0.433. The van der Waals surface area contributed by atoms with E-state index in [0.717, 1.165) is 36.0 Å². The first-order valence-electron chi connectivity index (χ1n) is 11.7. The third-order valence-electron chi connectivity index (χ3n) is 10.4. The van der Waals surface area contributed by atoms with Gasteiger partial charge in [0.25, 0.3) is 0 Å². The molecule has 1 N–H and O–H groups in total. The third kappa shape index (κ3) is 2.98. The van der Waals surface area contributed by atoms with Crippen molar-refractivity contribution < 1.29 is 4.79 Å². The van der Waals surface area contributed by atoms with Gasteiger partial charge in [0, 0.05) is 12.1 Å². The van der Waals surface area contributed by atoms with Crippen LogP contribution in [0.15, 0.2) is 0 Å². The predicted octanol–water partition coefficient (Wildman–Crippen LogP) is 4.71.